The molecule has 0 radical (unpaired) electrons. The number of rotatable bonds is 6. The Morgan fingerprint density at radius 2 is 1.83 bits per heavy atom. The van der Waals surface area contributed by atoms with Crippen LogP contribution in [0.2, 0.25) is 0 Å². The van der Waals surface area contributed by atoms with Gasteiger partial charge in [0.05, 0.1) is 5.75 Å². The van der Waals surface area contributed by atoms with Gasteiger partial charge in [0.2, 0.25) is 0 Å². The van der Waals surface area contributed by atoms with Crippen molar-refractivity contribution in [3.8, 4) is 11.5 Å². The monoisotopic (exact) mass is 421 g/mol. The maximum Gasteiger partial charge on any atom is 0.196 e. The van der Waals surface area contributed by atoms with Crippen molar-refractivity contribution in [3.63, 3.8) is 0 Å². The van der Waals surface area contributed by atoms with Gasteiger partial charge in [-0.2, -0.15) is 0 Å². The number of aromatic nitrogens is 5. The molecule has 0 saturated carbocycles. The molecular weight excluding hydrogens is 398 g/mol. The molecule has 4 aromatic rings. The predicted molar refractivity (Wildman–Crippen MR) is 116 cm³/mol. The van der Waals surface area contributed by atoms with Crippen LogP contribution in [0.25, 0.3) is 11.5 Å². The van der Waals surface area contributed by atoms with E-state index in [1.54, 1.807) is 0 Å². The highest BCUT2D eigenvalue weighted by Gasteiger charge is 2.20. The lowest BCUT2D eigenvalue weighted by Gasteiger charge is -2.09. The summed E-state index contributed by atoms with van der Waals surface area (Å²) in [4.78, 5) is 13.0. The number of hydrogen-bond acceptors (Lipinski definition) is 6. The summed E-state index contributed by atoms with van der Waals surface area (Å²) in [6.07, 6.45) is 0. The number of carbonyl (C=O) groups is 1. The highest BCUT2D eigenvalue weighted by Crippen LogP contribution is 2.26. The Labute approximate surface area is 179 Å². The number of hydrogen-bond donors (Lipinski definition) is 0. The SMILES string of the molecule is Cc1cccc(-n2c(C)nnc2SCC(=O)c2cc(C)n(-c3cc(C)on3)c2C)c1. The van der Waals surface area contributed by atoms with Gasteiger partial charge in [0.1, 0.15) is 11.6 Å². The van der Waals surface area contributed by atoms with E-state index < -0.39 is 0 Å². The number of benzene rings is 1. The molecule has 0 spiro atoms. The maximum atomic E-state index is 13.0. The fraction of sp³-hybridized carbons (Fsp3) is 0.273. The molecule has 3 aromatic heterocycles. The molecule has 0 amide bonds. The third-order valence-corrected chi connectivity index (χ3v) is 5.89. The van der Waals surface area contributed by atoms with Crippen LogP contribution in [0.3, 0.4) is 0 Å². The maximum absolute atomic E-state index is 13.0. The second-order valence-electron chi connectivity index (χ2n) is 7.33. The van der Waals surface area contributed by atoms with Crippen LogP contribution >= 0.6 is 11.8 Å². The Balaban J connectivity index is 1.57. The summed E-state index contributed by atoms with van der Waals surface area (Å²) in [7, 11) is 0. The molecule has 0 aliphatic heterocycles. The van der Waals surface area contributed by atoms with Gasteiger partial charge in [0.15, 0.2) is 16.8 Å². The normalized spacial score (nSPS) is 11.2. The lowest BCUT2D eigenvalue weighted by Crippen LogP contribution is -2.07. The smallest absolute Gasteiger partial charge is 0.196 e. The van der Waals surface area contributed by atoms with Crippen LogP contribution in [0.5, 0.6) is 0 Å². The Bertz CT molecular complexity index is 1230. The van der Waals surface area contributed by atoms with Crippen molar-refractivity contribution >= 4 is 17.5 Å². The van der Waals surface area contributed by atoms with Crippen molar-refractivity contribution in [2.45, 2.75) is 39.8 Å². The summed E-state index contributed by atoms with van der Waals surface area (Å²) < 4.78 is 9.11. The lowest BCUT2D eigenvalue weighted by atomic mass is 10.2. The van der Waals surface area contributed by atoms with Crippen molar-refractivity contribution in [2.75, 3.05) is 5.75 Å². The van der Waals surface area contributed by atoms with Crippen LogP contribution in [-0.2, 0) is 0 Å². The molecule has 3 heterocycles. The van der Waals surface area contributed by atoms with E-state index in [4.69, 9.17) is 4.52 Å². The van der Waals surface area contributed by atoms with Crippen LogP contribution < -0.4 is 0 Å². The van der Waals surface area contributed by atoms with Gasteiger partial charge in [0.25, 0.3) is 0 Å². The summed E-state index contributed by atoms with van der Waals surface area (Å²) in [5.74, 6) is 2.51. The third-order valence-electron chi connectivity index (χ3n) is 4.96. The van der Waals surface area contributed by atoms with E-state index in [-0.39, 0.29) is 11.5 Å². The largest absolute Gasteiger partial charge is 0.360 e. The summed E-state index contributed by atoms with van der Waals surface area (Å²) >= 11 is 1.39. The highest BCUT2D eigenvalue weighted by atomic mass is 32.2. The van der Waals surface area contributed by atoms with Crippen LogP contribution in [0.4, 0.5) is 0 Å². The van der Waals surface area contributed by atoms with Crippen molar-refractivity contribution in [3.05, 3.63) is 70.5 Å². The number of nitrogens with zero attached hydrogens (tertiary/aromatic N) is 5. The number of thioether (sulfide) groups is 1. The van der Waals surface area contributed by atoms with Gasteiger partial charge in [-0.05, 0) is 58.4 Å². The first kappa shape index (κ1) is 20.2. The van der Waals surface area contributed by atoms with E-state index >= 15 is 0 Å². The molecule has 154 valence electrons. The highest BCUT2D eigenvalue weighted by molar-refractivity contribution is 7.99. The fourth-order valence-corrected chi connectivity index (χ4v) is 4.45. The summed E-state index contributed by atoms with van der Waals surface area (Å²) in [6.45, 7) is 9.69. The van der Waals surface area contributed by atoms with Gasteiger partial charge >= 0.3 is 0 Å². The van der Waals surface area contributed by atoms with E-state index in [9.17, 15) is 4.79 Å². The molecule has 0 bridgehead atoms. The first-order valence-electron chi connectivity index (χ1n) is 9.63. The average molecular weight is 422 g/mol. The standard InChI is InChI=1S/C22H23N5O2S/c1-13-7-6-8-18(9-13)27-17(5)23-24-22(27)30-12-20(28)19-10-14(2)26(16(19)4)21-11-15(3)29-25-21/h6-11H,12H2,1-5H3. The minimum Gasteiger partial charge on any atom is -0.360 e. The zero-order valence-corrected chi connectivity index (χ0v) is 18.4. The lowest BCUT2D eigenvalue weighted by molar-refractivity contribution is 0.102. The molecule has 4 rings (SSSR count). The first-order chi connectivity index (χ1) is 14.3. The predicted octanol–water partition coefficient (Wildman–Crippen LogP) is 4.56. The zero-order valence-electron chi connectivity index (χ0n) is 17.6. The van der Waals surface area contributed by atoms with Gasteiger partial charge in [-0.25, -0.2) is 0 Å². The van der Waals surface area contributed by atoms with E-state index in [2.05, 4.69) is 21.4 Å². The van der Waals surface area contributed by atoms with Crippen LogP contribution in [0.1, 0.15) is 38.9 Å². The van der Waals surface area contributed by atoms with Gasteiger partial charge in [0, 0.05) is 28.7 Å². The summed E-state index contributed by atoms with van der Waals surface area (Å²) in [5.41, 5.74) is 4.62. The van der Waals surface area contributed by atoms with E-state index in [1.165, 1.54) is 11.8 Å². The van der Waals surface area contributed by atoms with Crippen molar-refractivity contribution in [1.82, 2.24) is 24.5 Å². The Kier molecular flexibility index (Phi) is 5.34. The molecule has 0 fully saturated rings. The molecular formula is C22H23N5O2S. The number of carbonyl (C=O) groups excluding carboxylic acids is 1. The van der Waals surface area contributed by atoms with Crippen molar-refractivity contribution < 1.29 is 9.32 Å². The quantitative estimate of drug-likeness (QED) is 0.335. The van der Waals surface area contributed by atoms with Crippen molar-refractivity contribution in [1.29, 1.82) is 0 Å². The zero-order chi connectivity index (χ0) is 21.4. The molecule has 1 aromatic carbocycles. The summed E-state index contributed by atoms with van der Waals surface area (Å²) in [5, 5.41) is 13.3. The second-order valence-corrected chi connectivity index (χ2v) is 8.27. The molecule has 8 heteroatoms. The van der Waals surface area contributed by atoms with Crippen LogP contribution in [0, 0.1) is 34.6 Å². The minimum atomic E-state index is 0.0380. The molecule has 0 unspecified atom stereocenters. The fourth-order valence-electron chi connectivity index (χ4n) is 3.56. The molecule has 0 N–H and O–H groups in total. The van der Waals surface area contributed by atoms with Crippen LogP contribution in [-0.4, -0.2) is 36.0 Å². The Morgan fingerprint density at radius 1 is 1.03 bits per heavy atom. The molecule has 30 heavy (non-hydrogen) atoms. The third kappa shape index (κ3) is 3.70. The number of Topliss-reactive ketones (excluding diaryl/α,β-unsaturated/α-hetero) is 1. The Morgan fingerprint density at radius 3 is 2.53 bits per heavy atom. The molecule has 7 nitrogen and oxygen atoms in total. The van der Waals surface area contributed by atoms with Gasteiger partial charge in [-0.1, -0.05) is 29.1 Å². The topological polar surface area (TPSA) is 78.7 Å². The second kappa shape index (κ2) is 7.95. The van der Waals surface area contributed by atoms with Gasteiger partial charge < -0.3 is 4.52 Å². The molecule has 0 atom stereocenters. The molecule has 0 aliphatic carbocycles. The average Bonchev–Trinajstić information content (AvgIpc) is 3.37. The Hall–Kier alpha value is -3.13. The van der Waals surface area contributed by atoms with Gasteiger partial charge in [-0.3, -0.25) is 13.9 Å². The van der Waals surface area contributed by atoms with E-state index in [0.717, 1.165) is 34.2 Å². The van der Waals surface area contributed by atoms with Gasteiger partial charge in [-0.15, -0.1) is 10.2 Å². The minimum absolute atomic E-state index is 0.0380. The number of ketones is 1. The molecule has 0 aliphatic rings. The summed E-state index contributed by atoms with van der Waals surface area (Å²) in [6, 6.07) is 11.9. The first-order valence-corrected chi connectivity index (χ1v) is 10.6. The van der Waals surface area contributed by atoms with E-state index in [1.807, 2.05) is 74.1 Å². The molecule has 0 saturated heterocycles. The van der Waals surface area contributed by atoms with Crippen LogP contribution in [0.15, 0.2) is 46.1 Å². The van der Waals surface area contributed by atoms with E-state index in [0.29, 0.717) is 16.5 Å². The van der Waals surface area contributed by atoms with Crippen molar-refractivity contribution in [2.24, 2.45) is 0 Å². The number of aryl methyl sites for hydroxylation is 4.